The number of aryl methyl sites for hydroxylation is 1. The first kappa shape index (κ1) is 15.0. The molecule has 19 heavy (non-hydrogen) atoms. The Labute approximate surface area is 128 Å². The van der Waals surface area contributed by atoms with E-state index in [0.29, 0.717) is 11.9 Å². The SMILES string of the molecule is CCC(CSC)n1c(CCCl)nc2ccc(Cl)cc21. The van der Waals surface area contributed by atoms with Gasteiger partial charge in [-0.25, -0.2) is 4.98 Å². The Kier molecular flexibility index (Phi) is 5.43. The standard InChI is InChI=1S/C14H18Cl2N2S/c1-3-11(9-19-2)18-13-8-10(16)4-5-12(13)17-14(18)6-7-15/h4-5,8,11H,3,6-7,9H2,1-2H3. The molecule has 1 aromatic carbocycles. The van der Waals surface area contributed by atoms with Gasteiger partial charge in [-0.3, -0.25) is 0 Å². The molecule has 2 nitrogen and oxygen atoms in total. The van der Waals surface area contributed by atoms with Crippen molar-refractivity contribution in [3.63, 3.8) is 0 Å². The van der Waals surface area contributed by atoms with Crippen LogP contribution in [0.2, 0.25) is 5.02 Å². The summed E-state index contributed by atoms with van der Waals surface area (Å²) in [4.78, 5) is 4.71. The van der Waals surface area contributed by atoms with E-state index in [1.54, 1.807) is 0 Å². The van der Waals surface area contributed by atoms with E-state index in [0.717, 1.165) is 40.5 Å². The second-order valence-corrected chi connectivity index (χ2v) is 6.21. The average molecular weight is 317 g/mol. The van der Waals surface area contributed by atoms with Crippen molar-refractivity contribution in [3.8, 4) is 0 Å². The Morgan fingerprint density at radius 2 is 2.21 bits per heavy atom. The molecule has 0 saturated carbocycles. The summed E-state index contributed by atoms with van der Waals surface area (Å²) in [6.07, 6.45) is 4.00. The number of hydrogen-bond donors (Lipinski definition) is 0. The third-order valence-electron chi connectivity index (χ3n) is 3.24. The van der Waals surface area contributed by atoms with Crippen molar-refractivity contribution in [1.82, 2.24) is 9.55 Å². The Balaban J connectivity index is 2.58. The summed E-state index contributed by atoms with van der Waals surface area (Å²) < 4.78 is 2.32. The molecule has 1 heterocycles. The first-order valence-corrected chi connectivity index (χ1v) is 8.73. The molecule has 2 aromatic rings. The number of thioether (sulfide) groups is 1. The summed E-state index contributed by atoms with van der Waals surface area (Å²) in [6, 6.07) is 6.32. The maximum atomic E-state index is 6.13. The van der Waals surface area contributed by atoms with Gasteiger partial charge >= 0.3 is 0 Å². The van der Waals surface area contributed by atoms with Crippen LogP contribution in [0.25, 0.3) is 11.0 Å². The van der Waals surface area contributed by atoms with Crippen LogP contribution in [0.1, 0.15) is 25.2 Å². The zero-order valence-electron chi connectivity index (χ0n) is 11.2. The molecular formula is C14H18Cl2N2S. The van der Waals surface area contributed by atoms with Crippen LogP contribution in [-0.2, 0) is 6.42 Å². The number of nitrogens with zero attached hydrogens (tertiary/aromatic N) is 2. The lowest BCUT2D eigenvalue weighted by molar-refractivity contribution is 0.533. The quantitative estimate of drug-likeness (QED) is 0.713. The van der Waals surface area contributed by atoms with Crippen molar-refractivity contribution in [1.29, 1.82) is 0 Å². The maximum absolute atomic E-state index is 6.13. The van der Waals surface area contributed by atoms with E-state index in [-0.39, 0.29) is 0 Å². The second-order valence-electron chi connectivity index (χ2n) is 4.49. The lowest BCUT2D eigenvalue weighted by atomic mass is 10.2. The van der Waals surface area contributed by atoms with E-state index in [4.69, 9.17) is 28.2 Å². The minimum atomic E-state index is 0.441. The van der Waals surface area contributed by atoms with Crippen molar-refractivity contribution in [2.45, 2.75) is 25.8 Å². The Bertz CT molecular complexity index is 554. The minimum absolute atomic E-state index is 0.441. The number of halogens is 2. The zero-order chi connectivity index (χ0) is 13.8. The molecule has 104 valence electrons. The number of imidazole rings is 1. The average Bonchev–Trinajstić information content (AvgIpc) is 2.74. The molecule has 1 atom stereocenters. The van der Waals surface area contributed by atoms with Gasteiger partial charge < -0.3 is 4.57 Å². The Morgan fingerprint density at radius 1 is 1.42 bits per heavy atom. The van der Waals surface area contributed by atoms with E-state index in [2.05, 4.69) is 17.7 Å². The highest BCUT2D eigenvalue weighted by molar-refractivity contribution is 7.98. The molecular weight excluding hydrogens is 299 g/mol. The predicted molar refractivity (Wildman–Crippen MR) is 86.9 cm³/mol. The number of rotatable bonds is 6. The topological polar surface area (TPSA) is 17.8 Å². The molecule has 0 bridgehead atoms. The zero-order valence-corrected chi connectivity index (χ0v) is 13.5. The van der Waals surface area contributed by atoms with Crippen LogP contribution in [0.3, 0.4) is 0 Å². The molecule has 0 aliphatic carbocycles. The van der Waals surface area contributed by atoms with Crippen molar-refractivity contribution in [3.05, 3.63) is 29.0 Å². The van der Waals surface area contributed by atoms with E-state index in [9.17, 15) is 0 Å². The number of hydrogen-bond acceptors (Lipinski definition) is 2. The number of benzene rings is 1. The van der Waals surface area contributed by atoms with Gasteiger partial charge in [0.2, 0.25) is 0 Å². The summed E-state index contributed by atoms with van der Waals surface area (Å²) in [5, 5.41) is 0.755. The maximum Gasteiger partial charge on any atom is 0.111 e. The molecule has 0 aliphatic rings. The highest BCUT2D eigenvalue weighted by Crippen LogP contribution is 2.28. The van der Waals surface area contributed by atoms with Gasteiger partial charge in [-0.2, -0.15) is 11.8 Å². The summed E-state index contributed by atoms with van der Waals surface area (Å²) >= 11 is 13.9. The van der Waals surface area contributed by atoms with E-state index >= 15 is 0 Å². The largest absolute Gasteiger partial charge is 0.324 e. The lowest BCUT2D eigenvalue weighted by Crippen LogP contribution is -2.14. The number of fused-ring (bicyclic) bond motifs is 1. The van der Waals surface area contributed by atoms with Crippen LogP contribution < -0.4 is 0 Å². The molecule has 0 N–H and O–H groups in total. The van der Waals surface area contributed by atoms with Crippen LogP contribution in [0.4, 0.5) is 0 Å². The second kappa shape index (κ2) is 6.87. The van der Waals surface area contributed by atoms with Gasteiger partial charge in [0.25, 0.3) is 0 Å². The first-order valence-electron chi connectivity index (χ1n) is 6.42. The molecule has 0 aliphatic heterocycles. The highest BCUT2D eigenvalue weighted by atomic mass is 35.5. The summed E-state index contributed by atoms with van der Waals surface area (Å²) in [7, 11) is 0. The van der Waals surface area contributed by atoms with Gasteiger partial charge in [0.1, 0.15) is 5.82 Å². The Morgan fingerprint density at radius 3 is 2.84 bits per heavy atom. The van der Waals surface area contributed by atoms with Crippen LogP contribution in [0.15, 0.2) is 18.2 Å². The fourth-order valence-corrected chi connectivity index (χ4v) is 3.46. The molecule has 1 unspecified atom stereocenters. The van der Waals surface area contributed by atoms with Gasteiger partial charge in [0.15, 0.2) is 0 Å². The van der Waals surface area contributed by atoms with Gasteiger partial charge in [0, 0.05) is 29.1 Å². The van der Waals surface area contributed by atoms with Crippen LogP contribution in [-0.4, -0.2) is 27.4 Å². The monoisotopic (exact) mass is 316 g/mol. The molecule has 0 radical (unpaired) electrons. The van der Waals surface area contributed by atoms with Gasteiger partial charge in [-0.1, -0.05) is 18.5 Å². The predicted octanol–water partition coefficient (Wildman–Crippen LogP) is 4.79. The normalized spacial score (nSPS) is 13.1. The molecule has 0 fully saturated rings. The number of aromatic nitrogens is 2. The third kappa shape index (κ3) is 3.21. The van der Waals surface area contributed by atoms with Crippen molar-refractivity contribution >= 4 is 46.0 Å². The Hall–Kier alpha value is -0.380. The van der Waals surface area contributed by atoms with Crippen LogP contribution >= 0.6 is 35.0 Å². The van der Waals surface area contributed by atoms with Crippen molar-refractivity contribution in [2.75, 3.05) is 17.9 Å². The molecule has 0 saturated heterocycles. The molecule has 2 rings (SSSR count). The fraction of sp³-hybridized carbons (Fsp3) is 0.500. The highest BCUT2D eigenvalue weighted by Gasteiger charge is 2.17. The van der Waals surface area contributed by atoms with Crippen LogP contribution in [0.5, 0.6) is 0 Å². The third-order valence-corrected chi connectivity index (χ3v) is 4.38. The van der Waals surface area contributed by atoms with Crippen LogP contribution in [0, 0.1) is 0 Å². The first-order chi connectivity index (χ1) is 9.21. The lowest BCUT2D eigenvalue weighted by Gasteiger charge is -2.19. The van der Waals surface area contributed by atoms with Gasteiger partial charge in [-0.15, -0.1) is 11.6 Å². The summed E-state index contributed by atoms with van der Waals surface area (Å²) in [5.41, 5.74) is 2.12. The van der Waals surface area contributed by atoms with Crippen molar-refractivity contribution in [2.24, 2.45) is 0 Å². The van der Waals surface area contributed by atoms with Gasteiger partial charge in [-0.05, 0) is 30.9 Å². The summed E-state index contributed by atoms with van der Waals surface area (Å²) in [5.74, 6) is 2.73. The van der Waals surface area contributed by atoms with E-state index < -0.39 is 0 Å². The summed E-state index contributed by atoms with van der Waals surface area (Å²) in [6.45, 7) is 2.21. The minimum Gasteiger partial charge on any atom is -0.324 e. The number of alkyl halides is 1. The molecule has 1 aromatic heterocycles. The molecule has 5 heteroatoms. The molecule has 0 spiro atoms. The van der Waals surface area contributed by atoms with E-state index in [1.807, 2.05) is 30.0 Å². The van der Waals surface area contributed by atoms with Gasteiger partial charge in [0.05, 0.1) is 11.0 Å². The smallest absolute Gasteiger partial charge is 0.111 e. The van der Waals surface area contributed by atoms with E-state index in [1.165, 1.54) is 0 Å². The van der Waals surface area contributed by atoms with Crippen molar-refractivity contribution < 1.29 is 0 Å². The molecule has 0 amide bonds. The fourth-order valence-electron chi connectivity index (χ4n) is 2.35.